The zero-order valence-corrected chi connectivity index (χ0v) is 27.7. The molecule has 2 rings (SSSR count). The Morgan fingerprint density at radius 1 is 0.439 bits per heavy atom. The lowest BCUT2D eigenvalue weighted by Gasteiger charge is -2.41. The fourth-order valence-electron chi connectivity index (χ4n) is 6.22. The predicted molar refractivity (Wildman–Crippen MR) is 182 cm³/mol. The van der Waals surface area contributed by atoms with E-state index in [1.807, 2.05) is 0 Å². The molecule has 0 radical (unpaired) electrons. The minimum Gasteiger partial charge on any atom is -0.307 e. The second-order valence-electron chi connectivity index (χ2n) is 12.9. The van der Waals surface area contributed by atoms with E-state index in [0.29, 0.717) is 12.1 Å². The molecule has 2 aromatic carbocycles. The molecule has 0 aromatic heterocycles. The van der Waals surface area contributed by atoms with Crippen LogP contribution in [0.15, 0.2) is 60.7 Å². The molecule has 2 atom stereocenters. The summed E-state index contributed by atoms with van der Waals surface area (Å²) in [6.07, 6.45) is 22.6. The molecular weight excluding hydrogens is 498 g/mol. The highest BCUT2D eigenvalue weighted by molar-refractivity contribution is 5.24. The van der Waals surface area contributed by atoms with Crippen molar-refractivity contribution in [3.05, 3.63) is 71.8 Å². The van der Waals surface area contributed by atoms with E-state index in [1.165, 1.54) is 114 Å². The van der Waals surface area contributed by atoms with Crippen molar-refractivity contribution in [3.8, 4) is 0 Å². The maximum absolute atomic E-state index is 2.81. The molecule has 0 spiro atoms. The molecule has 0 aliphatic carbocycles. The first-order valence-electron chi connectivity index (χ1n) is 17.2. The summed E-state index contributed by atoms with van der Waals surface area (Å²) in [5.41, 5.74) is 2.86. The highest BCUT2D eigenvalue weighted by Gasteiger charge is 2.29. The summed E-state index contributed by atoms with van der Waals surface area (Å²) < 4.78 is 0. The molecule has 0 saturated carbocycles. The van der Waals surface area contributed by atoms with Gasteiger partial charge in [0.2, 0.25) is 0 Å². The molecule has 0 heterocycles. The lowest BCUT2D eigenvalue weighted by Crippen LogP contribution is -2.42. The van der Waals surface area contributed by atoms with Crippen LogP contribution in [-0.2, 0) is 0 Å². The van der Waals surface area contributed by atoms with E-state index in [1.54, 1.807) is 0 Å². The van der Waals surface area contributed by atoms with Crippen molar-refractivity contribution in [2.45, 2.75) is 122 Å². The first kappa shape index (κ1) is 35.5. The van der Waals surface area contributed by atoms with E-state index < -0.39 is 0 Å². The van der Waals surface area contributed by atoms with Gasteiger partial charge in [0, 0.05) is 25.2 Å². The summed E-state index contributed by atoms with van der Waals surface area (Å²) in [4.78, 5) is 7.53. The average Bonchev–Trinajstić information content (AvgIpc) is 2.97. The fraction of sp³-hybridized carbons (Fsp3) is 0.684. The Morgan fingerprint density at radius 3 is 1.07 bits per heavy atom. The van der Waals surface area contributed by atoms with Crippen LogP contribution in [0.5, 0.6) is 0 Å². The molecule has 3 heteroatoms. The third kappa shape index (κ3) is 15.9. The molecule has 41 heavy (non-hydrogen) atoms. The third-order valence-corrected chi connectivity index (χ3v) is 8.52. The number of unbranched alkanes of at least 4 members (excludes halogenated alkanes) is 15. The third-order valence-electron chi connectivity index (χ3n) is 8.52. The summed E-state index contributed by atoms with van der Waals surface area (Å²) >= 11 is 0. The van der Waals surface area contributed by atoms with Crippen LogP contribution in [0.1, 0.15) is 133 Å². The van der Waals surface area contributed by atoms with Crippen molar-refractivity contribution in [1.82, 2.24) is 14.7 Å². The Morgan fingerprint density at radius 2 is 0.756 bits per heavy atom. The topological polar surface area (TPSA) is 9.72 Å². The van der Waals surface area contributed by atoms with Gasteiger partial charge >= 0.3 is 0 Å². The molecule has 0 N–H and O–H groups in total. The van der Waals surface area contributed by atoms with Crippen LogP contribution in [0.25, 0.3) is 0 Å². The van der Waals surface area contributed by atoms with Gasteiger partial charge in [-0.2, -0.15) is 0 Å². The monoisotopic (exact) mass is 564 g/mol. The van der Waals surface area contributed by atoms with Crippen LogP contribution in [0.4, 0.5) is 0 Å². The first-order valence-corrected chi connectivity index (χ1v) is 17.2. The Bertz CT molecular complexity index is 782. The van der Waals surface area contributed by atoms with Gasteiger partial charge in [-0.15, -0.1) is 0 Å². The maximum Gasteiger partial charge on any atom is 0.0481 e. The molecule has 0 bridgehead atoms. The Labute approximate surface area is 255 Å². The van der Waals surface area contributed by atoms with Crippen LogP contribution < -0.4 is 0 Å². The van der Waals surface area contributed by atoms with Gasteiger partial charge in [0.05, 0.1) is 0 Å². The average molecular weight is 564 g/mol. The molecule has 2 aromatic rings. The molecule has 232 valence electrons. The van der Waals surface area contributed by atoms with E-state index in [0.717, 1.165) is 19.6 Å². The Hall–Kier alpha value is -1.68. The molecule has 2 unspecified atom stereocenters. The van der Waals surface area contributed by atoms with E-state index in [4.69, 9.17) is 0 Å². The summed E-state index contributed by atoms with van der Waals surface area (Å²) in [6, 6.07) is 23.1. The van der Waals surface area contributed by atoms with Gasteiger partial charge in [0.25, 0.3) is 0 Å². The van der Waals surface area contributed by atoms with Crippen LogP contribution in [0.2, 0.25) is 0 Å². The minimum atomic E-state index is 0.368. The predicted octanol–water partition coefficient (Wildman–Crippen LogP) is 10.2. The maximum atomic E-state index is 2.81. The van der Waals surface area contributed by atoms with E-state index in [9.17, 15) is 0 Å². The number of rotatable bonds is 25. The lowest BCUT2D eigenvalue weighted by molar-refractivity contribution is 0.0889. The second-order valence-corrected chi connectivity index (χ2v) is 12.9. The highest BCUT2D eigenvalue weighted by atomic mass is 15.3. The van der Waals surface area contributed by atoms with Crippen LogP contribution >= 0.6 is 0 Å². The zero-order valence-electron chi connectivity index (χ0n) is 27.7. The molecule has 0 saturated heterocycles. The fourth-order valence-corrected chi connectivity index (χ4v) is 6.22. The van der Waals surface area contributed by atoms with Gasteiger partial charge in [0.15, 0.2) is 0 Å². The van der Waals surface area contributed by atoms with Crippen molar-refractivity contribution >= 4 is 0 Å². The SMILES string of the molecule is CCCCCCCCCCCCCCCCCCN(C(CN(C)C)c1ccccc1)C(CN(C)C)c1ccccc1. The summed E-state index contributed by atoms with van der Waals surface area (Å²) in [7, 11) is 8.86. The van der Waals surface area contributed by atoms with Crippen LogP contribution in [0.3, 0.4) is 0 Å². The minimum absolute atomic E-state index is 0.368. The smallest absolute Gasteiger partial charge is 0.0481 e. The van der Waals surface area contributed by atoms with Crippen molar-refractivity contribution in [2.75, 3.05) is 47.8 Å². The summed E-state index contributed by atoms with van der Waals surface area (Å²) in [6.45, 7) is 5.50. The van der Waals surface area contributed by atoms with E-state index in [2.05, 4.69) is 110 Å². The standard InChI is InChI=1S/C38H65N3/c1-6-7-8-9-10-11-12-13-14-15-16-17-18-19-20-27-32-41(37(33-39(2)3)35-28-23-21-24-29-35)38(34-40(4)5)36-30-25-22-26-31-36/h21-26,28-31,37-38H,6-20,27,32-34H2,1-5H3. The van der Waals surface area contributed by atoms with Crippen LogP contribution in [-0.4, -0.2) is 62.5 Å². The number of hydrogen-bond acceptors (Lipinski definition) is 3. The van der Waals surface area contributed by atoms with Gasteiger partial charge in [-0.1, -0.05) is 164 Å². The number of hydrogen-bond donors (Lipinski definition) is 0. The number of nitrogens with zero attached hydrogens (tertiary/aromatic N) is 3. The van der Waals surface area contributed by atoms with Crippen LogP contribution in [0, 0.1) is 0 Å². The molecule has 0 amide bonds. The molecule has 0 fully saturated rings. The number of benzene rings is 2. The first-order chi connectivity index (χ1) is 20.0. The largest absolute Gasteiger partial charge is 0.307 e. The van der Waals surface area contributed by atoms with Gasteiger partial charge in [0.1, 0.15) is 0 Å². The van der Waals surface area contributed by atoms with Gasteiger partial charge < -0.3 is 9.80 Å². The van der Waals surface area contributed by atoms with Crippen molar-refractivity contribution in [2.24, 2.45) is 0 Å². The Balaban J connectivity index is 1.84. The second kappa shape index (κ2) is 22.9. The zero-order chi connectivity index (χ0) is 29.5. The van der Waals surface area contributed by atoms with E-state index >= 15 is 0 Å². The Kier molecular flexibility index (Phi) is 19.8. The lowest BCUT2D eigenvalue weighted by atomic mass is 9.97. The van der Waals surface area contributed by atoms with Gasteiger partial charge in [-0.25, -0.2) is 0 Å². The van der Waals surface area contributed by atoms with Crippen molar-refractivity contribution in [1.29, 1.82) is 0 Å². The normalized spacial score (nSPS) is 13.4. The van der Waals surface area contributed by atoms with Crippen molar-refractivity contribution in [3.63, 3.8) is 0 Å². The molecule has 0 aliphatic rings. The van der Waals surface area contributed by atoms with Gasteiger partial charge in [-0.3, -0.25) is 4.90 Å². The summed E-state index contributed by atoms with van der Waals surface area (Å²) in [5.74, 6) is 0. The molecule has 3 nitrogen and oxygen atoms in total. The number of likely N-dealkylation sites (N-methyl/N-ethyl adjacent to an activating group) is 2. The van der Waals surface area contributed by atoms with Crippen molar-refractivity contribution < 1.29 is 0 Å². The molecular formula is C38H65N3. The molecule has 0 aliphatic heterocycles. The van der Waals surface area contributed by atoms with E-state index in [-0.39, 0.29) is 0 Å². The highest BCUT2D eigenvalue weighted by Crippen LogP contribution is 2.32. The quantitative estimate of drug-likeness (QED) is 0.111. The summed E-state index contributed by atoms with van der Waals surface area (Å²) in [5, 5.41) is 0. The van der Waals surface area contributed by atoms with Gasteiger partial charge in [-0.05, 0) is 52.3 Å².